The van der Waals surface area contributed by atoms with Crippen LogP contribution in [0.4, 0.5) is 4.39 Å². The van der Waals surface area contributed by atoms with Gasteiger partial charge in [0.05, 0.1) is 18.3 Å². The van der Waals surface area contributed by atoms with Crippen LogP contribution in [0.25, 0.3) is 0 Å². The van der Waals surface area contributed by atoms with E-state index >= 15 is 0 Å². The predicted octanol–water partition coefficient (Wildman–Crippen LogP) is 2.08. The lowest BCUT2D eigenvalue weighted by atomic mass is 10.1. The van der Waals surface area contributed by atoms with Gasteiger partial charge in [-0.15, -0.1) is 0 Å². The Morgan fingerprint density at radius 1 is 1.53 bits per heavy atom. The van der Waals surface area contributed by atoms with Crippen molar-refractivity contribution in [2.24, 2.45) is 0 Å². The van der Waals surface area contributed by atoms with Crippen molar-refractivity contribution in [2.45, 2.75) is 13.5 Å². The van der Waals surface area contributed by atoms with E-state index in [9.17, 15) is 9.18 Å². The van der Waals surface area contributed by atoms with Crippen LogP contribution < -0.4 is 0 Å². The number of carboxylic acids is 1. The van der Waals surface area contributed by atoms with Crippen LogP contribution in [0.15, 0.2) is 30.6 Å². The molecule has 2 aromatic rings. The Morgan fingerprint density at radius 3 is 2.94 bits per heavy atom. The molecule has 0 aliphatic heterocycles. The monoisotopic (exact) mass is 234 g/mol. The molecule has 0 fully saturated rings. The molecule has 0 amide bonds. The second-order valence-electron chi connectivity index (χ2n) is 3.80. The summed E-state index contributed by atoms with van der Waals surface area (Å²) in [6, 6.07) is 4.51. The molecule has 0 aliphatic carbocycles. The molecule has 5 heteroatoms. The molecule has 1 N–H and O–H groups in total. The molecule has 0 spiro atoms. The van der Waals surface area contributed by atoms with Crippen molar-refractivity contribution in [3.63, 3.8) is 0 Å². The molecule has 0 unspecified atom stereocenters. The van der Waals surface area contributed by atoms with E-state index in [-0.39, 0.29) is 11.4 Å². The molecule has 0 saturated carbocycles. The molecule has 0 saturated heterocycles. The molecular weight excluding hydrogens is 223 g/mol. The molecule has 1 heterocycles. The minimum Gasteiger partial charge on any atom is -0.478 e. The van der Waals surface area contributed by atoms with Crippen LogP contribution in [0, 0.1) is 12.7 Å². The minimum absolute atomic E-state index is 0.124. The van der Waals surface area contributed by atoms with Crippen LogP contribution in [0.1, 0.15) is 21.5 Å². The lowest BCUT2D eigenvalue weighted by Gasteiger charge is -2.05. The SMILES string of the molecule is Cc1ccc(F)cc1Cn1cc(C(=O)O)cn1. The zero-order valence-corrected chi connectivity index (χ0v) is 9.22. The third-order valence-electron chi connectivity index (χ3n) is 2.52. The van der Waals surface area contributed by atoms with Gasteiger partial charge in [-0.3, -0.25) is 4.68 Å². The third kappa shape index (κ3) is 2.50. The Bertz CT molecular complexity index is 563. The van der Waals surface area contributed by atoms with Gasteiger partial charge in [-0.2, -0.15) is 5.10 Å². The van der Waals surface area contributed by atoms with Gasteiger partial charge in [-0.05, 0) is 30.2 Å². The van der Waals surface area contributed by atoms with E-state index in [4.69, 9.17) is 5.11 Å². The van der Waals surface area contributed by atoms with Gasteiger partial charge in [-0.25, -0.2) is 9.18 Å². The maximum Gasteiger partial charge on any atom is 0.338 e. The fourth-order valence-corrected chi connectivity index (χ4v) is 1.55. The molecular formula is C12H11FN2O2. The summed E-state index contributed by atoms with van der Waals surface area (Å²) in [6.45, 7) is 2.23. The van der Waals surface area contributed by atoms with E-state index in [1.807, 2.05) is 6.92 Å². The summed E-state index contributed by atoms with van der Waals surface area (Å²) in [5.74, 6) is -1.33. The van der Waals surface area contributed by atoms with Gasteiger partial charge in [0.15, 0.2) is 0 Å². The van der Waals surface area contributed by atoms with Gasteiger partial charge in [0.2, 0.25) is 0 Å². The van der Waals surface area contributed by atoms with Crippen molar-refractivity contribution < 1.29 is 14.3 Å². The number of aryl methyl sites for hydroxylation is 1. The van der Waals surface area contributed by atoms with Gasteiger partial charge < -0.3 is 5.11 Å². The number of carboxylic acid groups (broad SMARTS) is 1. The molecule has 0 atom stereocenters. The van der Waals surface area contributed by atoms with E-state index in [2.05, 4.69) is 5.10 Å². The number of benzene rings is 1. The van der Waals surface area contributed by atoms with Gasteiger partial charge in [-0.1, -0.05) is 6.07 Å². The van der Waals surface area contributed by atoms with Gasteiger partial charge >= 0.3 is 5.97 Å². The van der Waals surface area contributed by atoms with Gasteiger partial charge in [0.1, 0.15) is 5.82 Å². The average Bonchev–Trinajstić information content (AvgIpc) is 2.72. The highest BCUT2D eigenvalue weighted by Crippen LogP contribution is 2.12. The van der Waals surface area contributed by atoms with Crippen molar-refractivity contribution in [3.8, 4) is 0 Å². The number of aromatic nitrogens is 2. The number of rotatable bonds is 3. The number of hydrogen-bond donors (Lipinski definition) is 1. The lowest BCUT2D eigenvalue weighted by molar-refractivity contribution is 0.0697. The third-order valence-corrected chi connectivity index (χ3v) is 2.52. The fourth-order valence-electron chi connectivity index (χ4n) is 1.55. The van der Waals surface area contributed by atoms with Crippen LogP contribution in [0.5, 0.6) is 0 Å². The van der Waals surface area contributed by atoms with Crippen molar-refractivity contribution in [1.82, 2.24) is 9.78 Å². The summed E-state index contributed by atoms with van der Waals surface area (Å²) in [5, 5.41) is 12.7. The number of nitrogens with zero attached hydrogens (tertiary/aromatic N) is 2. The first-order valence-electron chi connectivity index (χ1n) is 5.07. The Morgan fingerprint density at radius 2 is 2.29 bits per heavy atom. The first kappa shape index (κ1) is 11.3. The standard InChI is InChI=1S/C12H11FN2O2/c1-8-2-3-11(13)4-9(8)6-15-7-10(5-14-15)12(16)17/h2-5,7H,6H2,1H3,(H,16,17). The van der Waals surface area contributed by atoms with Crippen LogP contribution >= 0.6 is 0 Å². The largest absolute Gasteiger partial charge is 0.478 e. The average molecular weight is 234 g/mol. The summed E-state index contributed by atoms with van der Waals surface area (Å²) >= 11 is 0. The maximum absolute atomic E-state index is 13.1. The molecule has 17 heavy (non-hydrogen) atoms. The van der Waals surface area contributed by atoms with Crippen LogP contribution in [-0.2, 0) is 6.54 Å². The van der Waals surface area contributed by atoms with Crippen molar-refractivity contribution in [3.05, 3.63) is 53.1 Å². The molecule has 1 aromatic heterocycles. The number of carbonyl (C=O) groups is 1. The Balaban J connectivity index is 2.25. The normalized spacial score (nSPS) is 10.5. The maximum atomic E-state index is 13.1. The van der Waals surface area contributed by atoms with E-state index in [0.29, 0.717) is 6.54 Å². The minimum atomic E-state index is -1.02. The number of halogens is 1. The molecule has 0 radical (unpaired) electrons. The molecule has 4 nitrogen and oxygen atoms in total. The highest BCUT2D eigenvalue weighted by molar-refractivity contribution is 5.86. The summed E-state index contributed by atoms with van der Waals surface area (Å²) in [4.78, 5) is 10.7. The smallest absolute Gasteiger partial charge is 0.338 e. The van der Waals surface area contributed by atoms with Crippen molar-refractivity contribution >= 4 is 5.97 Å². The highest BCUT2D eigenvalue weighted by atomic mass is 19.1. The Hall–Kier alpha value is -2.17. The Labute approximate surface area is 97.3 Å². The number of hydrogen-bond acceptors (Lipinski definition) is 2. The molecule has 0 aliphatic rings. The fraction of sp³-hybridized carbons (Fsp3) is 0.167. The second-order valence-corrected chi connectivity index (χ2v) is 3.80. The first-order valence-corrected chi connectivity index (χ1v) is 5.07. The van der Waals surface area contributed by atoms with Crippen molar-refractivity contribution in [2.75, 3.05) is 0 Å². The van der Waals surface area contributed by atoms with E-state index < -0.39 is 5.97 Å². The molecule has 88 valence electrons. The van der Waals surface area contributed by atoms with Gasteiger partial charge in [0, 0.05) is 6.20 Å². The predicted molar refractivity (Wildman–Crippen MR) is 59.4 cm³/mol. The molecule has 2 rings (SSSR count). The summed E-state index contributed by atoms with van der Waals surface area (Å²) in [7, 11) is 0. The lowest BCUT2D eigenvalue weighted by Crippen LogP contribution is -2.02. The van der Waals surface area contributed by atoms with Crippen LogP contribution in [0.3, 0.4) is 0 Å². The number of aromatic carboxylic acids is 1. The molecule has 1 aromatic carbocycles. The highest BCUT2D eigenvalue weighted by Gasteiger charge is 2.07. The Kier molecular flexibility index (Phi) is 2.91. The first-order chi connectivity index (χ1) is 8.06. The topological polar surface area (TPSA) is 55.1 Å². The van der Waals surface area contributed by atoms with E-state index in [0.717, 1.165) is 11.1 Å². The van der Waals surface area contributed by atoms with Crippen molar-refractivity contribution in [1.29, 1.82) is 0 Å². The zero-order chi connectivity index (χ0) is 12.4. The second kappa shape index (κ2) is 4.37. The zero-order valence-electron chi connectivity index (χ0n) is 9.22. The summed E-state index contributed by atoms with van der Waals surface area (Å²) in [6.07, 6.45) is 2.70. The van der Waals surface area contributed by atoms with E-state index in [1.165, 1.54) is 29.2 Å². The summed E-state index contributed by atoms with van der Waals surface area (Å²) in [5.41, 5.74) is 1.85. The van der Waals surface area contributed by atoms with Gasteiger partial charge in [0.25, 0.3) is 0 Å². The van der Waals surface area contributed by atoms with Crippen LogP contribution in [-0.4, -0.2) is 20.9 Å². The molecule has 0 bridgehead atoms. The summed E-state index contributed by atoms with van der Waals surface area (Å²) < 4.78 is 14.5. The quantitative estimate of drug-likeness (QED) is 0.884. The van der Waals surface area contributed by atoms with E-state index in [1.54, 1.807) is 6.07 Å². The van der Waals surface area contributed by atoms with Crippen LogP contribution in [0.2, 0.25) is 0 Å².